The lowest BCUT2D eigenvalue weighted by atomic mass is 9.96. The highest BCUT2D eigenvalue weighted by Gasteiger charge is 2.45. The van der Waals surface area contributed by atoms with E-state index in [9.17, 15) is 33.6 Å². The molecule has 2 aliphatic carbocycles. The summed E-state index contributed by atoms with van der Waals surface area (Å²) in [5, 5.41) is 5.21. The van der Waals surface area contributed by atoms with Gasteiger partial charge in [-0.05, 0) is 73.5 Å². The van der Waals surface area contributed by atoms with Crippen molar-refractivity contribution >= 4 is 52.1 Å². The maximum atomic E-state index is 13.4. The number of amides is 2. The smallest absolute Gasteiger partial charge is 0.243 e. The number of carbonyl (C=O) groups excluding carboxylic acids is 7. The Kier molecular flexibility index (Phi) is 6.93. The zero-order chi connectivity index (χ0) is 31.3. The Labute approximate surface area is 251 Å². The topological polar surface area (TPSA) is 144 Å². The van der Waals surface area contributed by atoms with Gasteiger partial charge in [0, 0.05) is 44.8 Å². The second kappa shape index (κ2) is 10.8. The fourth-order valence-corrected chi connectivity index (χ4v) is 5.59. The third kappa shape index (κ3) is 4.84. The van der Waals surface area contributed by atoms with Crippen LogP contribution in [0.15, 0.2) is 84.9 Å². The summed E-state index contributed by atoms with van der Waals surface area (Å²) in [6.07, 6.45) is 0. The molecule has 2 aliphatic rings. The molecule has 0 radical (unpaired) electrons. The molecule has 4 aromatic rings. The number of benzene rings is 4. The van der Waals surface area contributed by atoms with E-state index in [4.69, 9.17) is 0 Å². The fraction of sp³-hybridized carbons (Fsp3) is 0.114. The summed E-state index contributed by atoms with van der Waals surface area (Å²) in [7, 11) is 0. The average molecular weight is 585 g/mol. The molecule has 0 aromatic heterocycles. The zero-order valence-electron chi connectivity index (χ0n) is 23.6. The van der Waals surface area contributed by atoms with Crippen LogP contribution in [0.4, 0.5) is 11.4 Å². The molecule has 2 unspecified atom stereocenters. The third-order valence-electron chi connectivity index (χ3n) is 7.77. The van der Waals surface area contributed by atoms with E-state index >= 15 is 0 Å². The van der Waals surface area contributed by atoms with Crippen LogP contribution in [0.25, 0.3) is 0 Å². The largest absolute Gasteiger partial charge is 0.325 e. The van der Waals surface area contributed by atoms with Crippen molar-refractivity contribution in [2.24, 2.45) is 11.8 Å². The predicted molar refractivity (Wildman–Crippen MR) is 160 cm³/mol. The molecule has 2 N–H and O–H groups in total. The molecule has 216 valence electrons. The van der Waals surface area contributed by atoms with Crippen LogP contribution >= 0.6 is 0 Å². The molecular formula is C35H24N2O7. The Morgan fingerprint density at radius 2 is 0.886 bits per heavy atom. The Bertz CT molecular complexity index is 1850. The molecule has 4 aromatic carbocycles. The number of ketones is 5. The number of rotatable bonds is 6. The Balaban J connectivity index is 1.22. The van der Waals surface area contributed by atoms with E-state index in [2.05, 4.69) is 10.6 Å². The first-order valence-electron chi connectivity index (χ1n) is 13.8. The number of hydrogen-bond donors (Lipinski definition) is 2. The molecular weight excluding hydrogens is 560 g/mol. The summed E-state index contributed by atoms with van der Waals surface area (Å²) >= 11 is 0. The minimum atomic E-state index is -1.58. The van der Waals surface area contributed by atoms with Gasteiger partial charge in [0.25, 0.3) is 0 Å². The molecule has 0 aliphatic heterocycles. The van der Waals surface area contributed by atoms with Crippen LogP contribution in [0.2, 0.25) is 0 Å². The van der Waals surface area contributed by atoms with Crippen LogP contribution in [0.5, 0.6) is 0 Å². The van der Waals surface area contributed by atoms with Gasteiger partial charge < -0.3 is 10.6 Å². The standard InChI is InChI=1S/C35H24N2O7/c1-17-5-3-7-21(13-17)36-34(43)27-30(39)23-11-9-19(15-25(23)32(27)41)29(38)20-10-12-24-26(16-20)33(42)28(31(24)40)35(44)37-22-8-4-6-18(2)14-22/h3-16,27-28H,1-2H3,(H,36,43)(H,37,44). The quantitative estimate of drug-likeness (QED) is 0.245. The van der Waals surface area contributed by atoms with Crippen molar-refractivity contribution in [3.63, 3.8) is 0 Å². The lowest BCUT2D eigenvalue weighted by molar-refractivity contribution is -0.118. The highest BCUT2D eigenvalue weighted by Crippen LogP contribution is 2.32. The van der Waals surface area contributed by atoms with Gasteiger partial charge in [0.1, 0.15) is 0 Å². The van der Waals surface area contributed by atoms with Crippen molar-refractivity contribution < 1.29 is 33.6 Å². The SMILES string of the molecule is Cc1cccc(NC(=O)C2C(=O)c3ccc(C(=O)c4ccc5c(c4)C(=O)C(C(=O)Nc4cccc(C)c4)C5=O)cc3C2=O)c1. The van der Waals surface area contributed by atoms with Gasteiger partial charge in [-0.2, -0.15) is 0 Å². The van der Waals surface area contributed by atoms with E-state index in [1.807, 2.05) is 26.0 Å². The summed E-state index contributed by atoms with van der Waals surface area (Å²) in [5.41, 5.74) is 2.74. The Morgan fingerprint density at radius 3 is 1.27 bits per heavy atom. The predicted octanol–water partition coefficient (Wildman–Crippen LogP) is 4.80. The summed E-state index contributed by atoms with van der Waals surface area (Å²) in [6.45, 7) is 3.68. The molecule has 0 saturated carbocycles. The first kappa shape index (κ1) is 28.3. The van der Waals surface area contributed by atoms with E-state index in [0.29, 0.717) is 11.4 Å². The van der Waals surface area contributed by atoms with E-state index < -0.39 is 52.6 Å². The molecule has 0 bridgehead atoms. The maximum absolute atomic E-state index is 13.4. The van der Waals surface area contributed by atoms with Crippen LogP contribution < -0.4 is 10.6 Å². The van der Waals surface area contributed by atoms with Crippen molar-refractivity contribution in [1.82, 2.24) is 0 Å². The minimum Gasteiger partial charge on any atom is -0.325 e. The van der Waals surface area contributed by atoms with E-state index in [-0.39, 0.29) is 33.4 Å². The number of aryl methyl sites for hydroxylation is 2. The number of anilines is 2. The first-order chi connectivity index (χ1) is 21.0. The van der Waals surface area contributed by atoms with Crippen molar-refractivity contribution in [3.05, 3.63) is 129 Å². The fourth-order valence-electron chi connectivity index (χ4n) is 5.59. The summed E-state index contributed by atoms with van der Waals surface area (Å²) in [4.78, 5) is 91.6. The van der Waals surface area contributed by atoms with Gasteiger partial charge in [0.2, 0.25) is 11.8 Å². The first-order valence-corrected chi connectivity index (χ1v) is 13.8. The number of nitrogens with one attached hydrogen (secondary N) is 2. The normalized spacial score (nSPS) is 16.9. The molecule has 0 saturated heterocycles. The van der Waals surface area contributed by atoms with Crippen LogP contribution in [0.1, 0.15) is 68.5 Å². The van der Waals surface area contributed by atoms with Crippen molar-refractivity contribution in [2.45, 2.75) is 13.8 Å². The number of Topliss-reactive ketones (excluding diaryl/α,β-unsaturated/α-hetero) is 4. The van der Waals surface area contributed by atoms with Crippen molar-refractivity contribution in [1.29, 1.82) is 0 Å². The van der Waals surface area contributed by atoms with Gasteiger partial charge >= 0.3 is 0 Å². The number of carbonyl (C=O) groups is 7. The van der Waals surface area contributed by atoms with Crippen molar-refractivity contribution in [3.8, 4) is 0 Å². The second-order valence-electron chi connectivity index (χ2n) is 10.9. The average Bonchev–Trinajstić information content (AvgIpc) is 3.40. The summed E-state index contributed by atoms with van der Waals surface area (Å²) < 4.78 is 0. The number of hydrogen-bond acceptors (Lipinski definition) is 7. The molecule has 44 heavy (non-hydrogen) atoms. The number of fused-ring (bicyclic) bond motifs is 2. The monoisotopic (exact) mass is 584 g/mol. The Morgan fingerprint density at radius 1 is 0.500 bits per heavy atom. The zero-order valence-corrected chi connectivity index (χ0v) is 23.6. The summed E-state index contributed by atoms with van der Waals surface area (Å²) in [5.74, 6) is -8.03. The molecule has 2 amide bonds. The lowest BCUT2D eigenvalue weighted by Gasteiger charge is -2.09. The minimum absolute atomic E-state index is 0.0353. The lowest BCUT2D eigenvalue weighted by Crippen LogP contribution is -2.31. The van der Waals surface area contributed by atoms with Gasteiger partial charge in [-0.1, -0.05) is 36.4 Å². The molecule has 9 nitrogen and oxygen atoms in total. The molecule has 2 atom stereocenters. The third-order valence-corrected chi connectivity index (χ3v) is 7.77. The van der Waals surface area contributed by atoms with Gasteiger partial charge in [0.15, 0.2) is 40.8 Å². The van der Waals surface area contributed by atoms with Crippen LogP contribution in [0, 0.1) is 25.7 Å². The van der Waals surface area contributed by atoms with Gasteiger partial charge in [-0.3, -0.25) is 33.6 Å². The van der Waals surface area contributed by atoms with E-state index in [1.165, 1.54) is 36.4 Å². The molecule has 9 heteroatoms. The maximum Gasteiger partial charge on any atom is 0.243 e. The van der Waals surface area contributed by atoms with Crippen LogP contribution in [0.3, 0.4) is 0 Å². The van der Waals surface area contributed by atoms with Crippen molar-refractivity contribution in [2.75, 3.05) is 10.6 Å². The highest BCUT2D eigenvalue weighted by molar-refractivity contribution is 6.38. The van der Waals surface area contributed by atoms with Gasteiger partial charge in [-0.25, -0.2) is 0 Å². The Hall–Kier alpha value is -5.83. The van der Waals surface area contributed by atoms with Gasteiger partial charge in [-0.15, -0.1) is 0 Å². The van der Waals surface area contributed by atoms with Crippen LogP contribution in [-0.2, 0) is 9.59 Å². The molecule has 6 rings (SSSR count). The van der Waals surface area contributed by atoms with Gasteiger partial charge in [0.05, 0.1) is 0 Å². The molecule has 0 heterocycles. The highest BCUT2D eigenvalue weighted by atomic mass is 16.2. The van der Waals surface area contributed by atoms with E-state index in [0.717, 1.165) is 11.1 Å². The summed E-state index contributed by atoms with van der Waals surface area (Å²) in [6, 6.07) is 21.8. The van der Waals surface area contributed by atoms with E-state index in [1.54, 1.807) is 36.4 Å². The molecule has 0 fully saturated rings. The molecule has 0 spiro atoms. The second-order valence-corrected chi connectivity index (χ2v) is 10.9. The van der Waals surface area contributed by atoms with Crippen LogP contribution in [-0.4, -0.2) is 40.7 Å².